The van der Waals surface area contributed by atoms with Gasteiger partial charge in [0.1, 0.15) is 5.82 Å². The smallest absolute Gasteiger partial charge is 0.328 e. The van der Waals surface area contributed by atoms with Crippen LogP contribution in [0.4, 0.5) is 10.1 Å². The van der Waals surface area contributed by atoms with Crippen LogP contribution in [0, 0.1) is 19.7 Å². The standard InChI is InChI=1S/C22H26FNO2/c1-6-16(11-22(25)26)19-9-15(5)20(10-14(19)4)18-8-7-17(12-21(18)23)24-13(2)3/h7-13,24H,6H2,1-5H3,(H,25,26)/b16-11+. The second kappa shape index (κ2) is 8.17. The number of anilines is 1. The molecule has 0 radical (unpaired) electrons. The van der Waals surface area contributed by atoms with Gasteiger partial charge in [0.2, 0.25) is 0 Å². The number of carboxylic acid groups (broad SMARTS) is 1. The van der Waals surface area contributed by atoms with E-state index < -0.39 is 5.97 Å². The van der Waals surface area contributed by atoms with Gasteiger partial charge in [-0.05, 0) is 80.1 Å². The minimum absolute atomic E-state index is 0.233. The third kappa shape index (κ3) is 4.51. The van der Waals surface area contributed by atoms with E-state index in [2.05, 4.69) is 5.32 Å². The fourth-order valence-corrected chi connectivity index (χ4v) is 3.13. The number of allylic oxidation sites excluding steroid dienone is 1. The Bertz CT molecular complexity index is 853. The summed E-state index contributed by atoms with van der Waals surface area (Å²) in [5.74, 6) is -1.23. The van der Waals surface area contributed by atoms with Crippen molar-refractivity contribution in [2.24, 2.45) is 0 Å². The molecule has 3 nitrogen and oxygen atoms in total. The summed E-state index contributed by atoms with van der Waals surface area (Å²) in [4.78, 5) is 11.0. The number of halogens is 1. The number of hydrogen-bond acceptors (Lipinski definition) is 2. The highest BCUT2D eigenvalue weighted by atomic mass is 19.1. The lowest BCUT2D eigenvalue weighted by atomic mass is 9.90. The zero-order valence-electron chi connectivity index (χ0n) is 16.0. The van der Waals surface area contributed by atoms with Crippen molar-refractivity contribution in [2.45, 2.75) is 47.1 Å². The topological polar surface area (TPSA) is 49.3 Å². The molecule has 0 amide bonds. The summed E-state index contributed by atoms with van der Waals surface area (Å²) in [7, 11) is 0. The molecule has 0 aromatic heterocycles. The van der Waals surface area contributed by atoms with Crippen LogP contribution >= 0.6 is 0 Å². The molecule has 2 aromatic rings. The second-order valence-corrected chi connectivity index (χ2v) is 6.84. The molecule has 0 saturated carbocycles. The van der Waals surface area contributed by atoms with E-state index in [0.717, 1.165) is 33.5 Å². The van der Waals surface area contributed by atoms with Crippen LogP contribution in [0.25, 0.3) is 16.7 Å². The van der Waals surface area contributed by atoms with Gasteiger partial charge in [-0.15, -0.1) is 0 Å². The number of carboxylic acids is 1. The maximum atomic E-state index is 14.7. The Kier molecular flexibility index (Phi) is 6.19. The average molecular weight is 355 g/mol. The summed E-state index contributed by atoms with van der Waals surface area (Å²) in [6, 6.07) is 9.29. The van der Waals surface area contributed by atoms with Gasteiger partial charge in [-0.1, -0.05) is 19.1 Å². The zero-order valence-corrected chi connectivity index (χ0v) is 16.0. The quantitative estimate of drug-likeness (QED) is 0.643. The molecule has 2 aromatic carbocycles. The van der Waals surface area contributed by atoms with Crippen LogP contribution in [0.15, 0.2) is 36.4 Å². The summed E-state index contributed by atoms with van der Waals surface area (Å²) in [6.45, 7) is 9.79. The Hall–Kier alpha value is -2.62. The molecular weight excluding hydrogens is 329 g/mol. The monoisotopic (exact) mass is 355 g/mol. The molecule has 0 aliphatic rings. The number of benzene rings is 2. The molecule has 2 N–H and O–H groups in total. The highest BCUT2D eigenvalue weighted by Crippen LogP contribution is 2.33. The Morgan fingerprint density at radius 3 is 2.38 bits per heavy atom. The molecule has 26 heavy (non-hydrogen) atoms. The van der Waals surface area contributed by atoms with Crippen molar-refractivity contribution < 1.29 is 14.3 Å². The van der Waals surface area contributed by atoms with Gasteiger partial charge in [-0.3, -0.25) is 0 Å². The molecule has 138 valence electrons. The first-order chi connectivity index (χ1) is 12.2. The van der Waals surface area contributed by atoms with E-state index >= 15 is 0 Å². The number of nitrogens with one attached hydrogen (secondary N) is 1. The van der Waals surface area contributed by atoms with E-state index in [1.54, 1.807) is 6.07 Å². The molecule has 4 heteroatoms. The predicted octanol–water partition coefficient (Wildman–Crippen LogP) is 5.81. The Balaban J connectivity index is 2.50. The zero-order chi connectivity index (χ0) is 19.4. The lowest BCUT2D eigenvalue weighted by Crippen LogP contribution is -2.09. The van der Waals surface area contributed by atoms with Crippen LogP contribution in [0.5, 0.6) is 0 Å². The Morgan fingerprint density at radius 1 is 1.15 bits per heavy atom. The molecule has 0 aliphatic heterocycles. The summed E-state index contributed by atoms with van der Waals surface area (Å²) >= 11 is 0. The lowest BCUT2D eigenvalue weighted by Gasteiger charge is -2.16. The van der Waals surface area contributed by atoms with Crippen molar-refractivity contribution in [1.29, 1.82) is 0 Å². The number of hydrogen-bond donors (Lipinski definition) is 2. The molecule has 0 saturated heterocycles. The number of aryl methyl sites for hydroxylation is 2. The van der Waals surface area contributed by atoms with Crippen LogP contribution in [-0.2, 0) is 4.79 Å². The van der Waals surface area contributed by atoms with Crippen LogP contribution < -0.4 is 5.32 Å². The normalized spacial score (nSPS) is 11.7. The lowest BCUT2D eigenvalue weighted by molar-refractivity contribution is -0.131. The highest BCUT2D eigenvalue weighted by molar-refractivity contribution is 5.91. The molecule has 0 spiro atoms. The molecule has 0 bridgehead atoms. The fourth-order valence-electron chi connectivity index (χ4n) is 3.13. The van der Waals surface area contributed by atoms with Crippen molar-refractivity contribution in [3.63, 3.8) is 0 Å². The van der Waals surface area contributed by atoms with E-state index in [0.29, 0.717) is 12.0 Å². The molecule has 0 unspecified atom stereocenters. The average Bonchev–Trinajstić information content (AvgIpc) is 2.54. The van der Waals surface area contributed by atoms with E-state index in [1.165, 1.54) is 12.1 Å². The highest BCUT2D eigenvalue weighted by Gasteiger charge is 2.13. The fraction of sp³-hybridized carbons (Fsp3) is 0.318. The Morgan fingerprint density at radius 2 is 1.85 bits per heavy atom. The van der Waals surface area contributed by atoms with Crippen LogP contribution in [0.2, 0.25) is 0 Å². The van der Waals surface area contributed by atoms with Crippen molar-refractivity contribution in [3.05, 3.63) is 58.9 Å². The largest absolute Gasteiger partial charge is 0.478 e. The van der Waals surface area contributed by atoms with Gasteiger partial charge in [0.05, 0.1) is 0 Å². The molecule has 0 atom stereocenters. The summed E-state index contributed by atoms with van der Waals surface area (Å²) in [5, 5.41) is 12.3. The second-order valence-electron chi connectivity index (χ2n) is 6.84. The molecule has 0 aliphatic carbocycles. The maximum Gasteiger partial charge on any atom is 0.328 e. The first-order valence-corrected chi connectivity index (χ1v) is 8.84. The SMILES string of the molecule is CC/C(=C\C(=O)O)c1cc(C)c(-c2ccc(NC(C)C)cc2F)cc1C. The van der Waals surface area contributed by atoms with E-state index in [4.69, 9.17) is 5.11 Å². The van der Waals surface area contributed by atoms with Gasteiger partial charge in [-0.25, -0.2) is 9.18 Å². The third-order valence-electron chi connectivity index (χ3n) is 4.31. The number of aliphatic carboxylic acids is 1. The Labute approximate surface area is 154 Å². The maximum absolute atomic E-state index is 14.7. The van der Waals surface area contributed by atoms with Crippen LogP contribution in [-0.4, -0.2) is 17.1 Å². The van der Waals surface area contributed by atoms with Crippen LogP contribution in [0.1, 0.15) is 43.9 Å². The van der Waals surface area contributed by atoms with Gasteiger partial charge < -0.3 is 10.4 Å². The van der Waals surface area contributed by atoms with Crippen molar-refractivity contribution >= 4 is 17.2 Å². The van der Waals surface area contributed by atoms with E-state index in [-0.39, 0.29) is 11.9 Å². The molecular formula is C22H26FNO2. The van der Waals surface area contributed by atoms with Crippen LogP contribution in [0.3, 0.4) is 0 Å². The van der Waals surface area contributed by atoms with Gasteiger partial charge >= 0.3 is 5.97 Å². The minimum atomic E-state index is -0.956. The summed E-state index contributed by atoms with van der Waals surface area (Å²) in [6.07, 6.45) is 1.87. The van der Waals surface area contributed by atoms with Crippen molar-refractivity contribution in [2.75, 3.05) is 5.32 Å². The van der Waals surface area contributed by atoms with Gasteiger partial charge in [-0.2, -0.15) is 0 Å². The first kappa shape index (κ1) is 19.7. The molecule has 2 rings (SSSR count). The minimum Gasteiger partial charge on any atom is -0.478 e. The van der Waals surface area contributed by atoms with Gasteiger partial charge in [0.25, 0.3) is 0 Å². The molecule has 0 fully saturated rings. The predicted molar refractivity (Wildman–Crippen MR) is 106 cm³/mol. The van der Waals surface area contributed by atoms with Crippen molar-refractivity contribution in [3.8, 4) is 11.1 Å². The summed E-state index contributed by atoms with van der Waals surface area (Å²) in [5.41, 5.74) is 5.64. The third-order valence-corrected chi connectivity index (χ3v) is 4.31. The van der Waals surface area contributed by atoms with Crippen molar-refractivity contribution in [1.82, 2.24) is 0 Å². The van der Waals surface area contributed by atoms with E-state index in [9.17, 15) is 9.18 Å². The van der Waals surface area contributed by atoms with E-state index in [1.807, 2.05) is 52.8 Å². The van der Waals surface area contributed by atoms with Gasteiger partial charge in [0.15, 0.2) is 0 Å². The number of rotatable bonds is 6. The molecule has 0 heterocycles. The van der Waals surface area contributed by atoms with Gasteiger partial charge in [0, 0.05) is 23.4 Å². The first-order valence-electron chi connectivity index (χ1n) is 8.84. The summed E-state index contributed by atoms with van der Waals surface area (Å²) < 4.78 is 14.7. The number of carbonyl (C=O) groups is 1.